The van der Waals surface area contributed by atoms with Crippen molar-refractivity contribution in [3.63, 3.8) is 0 Å². The number of pyridine rings is 1. The van der Waals surface area contributed by atoms with Gasteiger partial charge in [0.2, 0.25) is 0 Å². The van der Waals surface area contributed by atoms with Crippen LogP contribution < -0.4 is 5.32 Å². The Morgan fingerprint density at radius 3 is 2.81 bits per heavy atom. The third-order valence-electron chi connectivity index (χ3n) is 3.31. The van der Waals surface area contributed by atoms with Crippen LogP contribution in [0, 0.1) is 5.92 Å². The van der Waals surface area contributed by atoms with Crippen LogP contribution in [-0.2, 0) is 0 Å². The Bertz CT molecular complexity index is 321. The minimum Gasteiger partial charge on any atom is -0.384 e. The second kappa shape index (κ2) is 6.24. The first-order valence-corrected chi connectivity index (χ1v) is 6.98. The molecule has 1 saturated carbocycles. The van der Waals surface area contributed by atoms with Gasteiger partial charge in [0.25, 0.3) is 0 Å². The molecule has 1 aromatic heterocycles. The molecule has 88 valence electrons. The first-order chi connectivity index (χ1) is 7.84. The van der Waals surface area contributed by atoms with Crippen molar-refractivity contribution in [1.82, 2.24) is 4.98 Å². The first kappa shape index (κ1) is 11.9. The van der Waals surface area contributed by atoms with E-state index < -0.39 is 0 Å². The van der Waals surface area contributed by atoms with Gasteiger partial charge in [0.1, 0.15) is 0 Å². The molecule has 0 aromatic carbocycles. The molecule has 2 nitrogen and oxygen atoms in total. The topological polar surface area (TPSA) is 24.9 Å². The summed E-state index contributed by atoms with van der Waals surface area (Å²) < 4.78 is 1.04. The fourth-order valence-electron chi connectivity index (χ4n) is 2.40. The van der Waals surface area contributed by atoms with Crippen LogP contribution in [0.2, 0.25) is 0 Å². The van der Waals surface area contributed by atoms with E-state index in [1.165, 1.54) is 38.5 Å². The van der Waals surface area contributed by atoms with E-state index >= 15 is 0 Å². The highest BCUT2D eigenvalue weighted by Crippen LogP contribution is 2.26. The van der Waals surface area contributed by atoms with Crippen LogP contribution in [0.25, 0.3) is 0 Å². The smallest absolute Gasteiger partial charge is 0.0538 e. The van der Waals surface area contributed by atoms with Crippen LogP contribution in [0.5, 0.6) is 0 Å². The van der Waals surface area contributed by atoms with Gasteiger partial charge in [-0.05, 0) is 34.3 Å². The molecular weight excluding hydrogens is 264 g/mol. The van der Waals surface area contributed by atoms with E-state index in [0.717, 1.165) is 22.6 Å². The Kier molecular flexibility index (Phi) is 4.64. The van der Waals surface area contributed by atoms with Crippen molar-refractivity contribution in [2.45, 2.75) is 38.5 Å². The first-order valence-electron chi connectivity index (χ1n) is 6.19. The monoisotopic (exact) mass is 282 g/mol. The van der Waals surface area contributed by atoms with Gasteiger partial charge in [-0.1, -0.05) is 32.1 Å². The van der Waals surface area contributed by atoms with Crippen molar-refractivity contribution in [2.75, 3.05) is 11.9 Å². The van der Waals surface area contributed by atoms with E-state index in [-0.39, 0.29) is 0 Å². The van der Waals surface area contributed by atoms with Crippen LogP contribution in [-0.4, -0.2) is 11.5 Å². The molecule has 0 radical (unpaired) electrons. The van der Waals surface area contributed by atoms with Crippen molar-refractivity contribution in [3.05, 3.63) is 22.9 Å². The highest BCUT2D eigenvalue weighted by Gasteiger charge is 2.12. The summed E-state index contributed by atoms with van der Waals surface area (Å²) in [5.41, 5.74) is 1.12. The zero-order valence-corrected chi connectivity index (χ0v) is 11.2. The van der Waals surface area contributed by atoms with Gasteiger partial charge >= 0.3 is 0 Å². The number of aromatic nitrogens is 1. The van der Waals surface area contributed by atoms with Crippen molar-refractivity contribution >= 4 is 21.6 Å². The summed E-state index contributed by atoms with van der Waals surface area (Å²) >= 11 is 3.43. The molecule has 2 rings (SSSR count). The van der Waals surface area contributed by atoms with Gasteiger partial charge < -0.3 is 5.32 Å². The highest BCUT2D eigenvalue weighted by molar-refractivity contribution is 9.10. The maximum atomic E-state index is 4.14. The molecule has 0 bridgehead atoms. The van der Waals surface area contributed by atoms with Crippen LogP contribution >= 0.6 is 15.9 Å². The maximum Gasteiger partial charge on any atom is 0.0538 e. The van der Waals surface area contributed by atoms with E-state index in [4.69, 9.17) is 0 Å². The average Bonchev–Trinajstić information content (AvgIpc) is 2.30. The molecule has 3 heteroatoms. The molecule has 0 spiro atoms. The molecule has 1 aromatic rings. The SMILES string of the molecule is Brc1cncc(NCCC2CCCCC2)c1. The van der Waals surface area contributed by atoms with Gasteiger partial charge in [-0.15, -0.1) is 0 Å². The van der Waals surface area contributed by atoms with E-state index in [2.05, 4.69) is 32.3 Å². The maximum absolute atomic E-state index is 4.14. The lowest BCUT2D eigenvalue weighted by atomic mass is 9.87. The number of anilines is 1. The Morgan fingerprint density at radius 1 is 1.25 bits per heavy atom. The summed E-state index contributed by atoms with van der Waals surface area (Å²) in [6.07, 6.45) is 12.2. The van der Waals surface area contributed by atoms with Gasteiger partial charge in [-0.25, -0.2) is 0 Å². The van der Waals surface area contributed by atoms with Gasteiger partial charge in [0.15, 0.2) is 0 Å². The summed E-state index contributed by atoms with van der Waals surface area (Å²) in [5.74, 6) is 0.946. The lowest BCUT2D eigenvalue weighted by Crippen LogP contribution is -2.12. The van der Waals surface area contributed by atoms with Crippen molar-refractivity contribution < 1.29 is 0 Å². The minimum absolute atomic E-state index is 0.946. The number of nitrogens with zero attached hydrogens (tertiary/aromatic N) is 1. The standard InChI is InChI=1S/C13H19BrN2/c14-12-8-13(10-15-9-12)16-7-6-11-4-2-1-3-5-11/h8-11,16H,1-7H2. The third kappa shape index (κ3) is 3.78. The van der Waals surface area contributed by atoms with Gasteiger partial charge in [-0.2, -0.15) is 0 Å². The Labute approximate surface area is 106 Å². The number of halogens is 1. The fourth-order valence-corrected chi connectivity index (χ4v) is 2.77. The molecule has 1 heterocycles. The summed E-state index contributed by atoms with van der Waals surface area (Å²) in [5, 5.41) is 3.44. The largest absolute Gasteiger partial charge is 0.384 e. The normalized spacial score (nSPS) is 17.3. The lowest BCUT2D eigenvalue weighted by Gasteiger charge is -2.21. The number of nitrogens with one attached hydrogen (secondary N) is 1. The number of hydrogen-bond donors (Lipinski definition) is 1. The molecule has 0 unspecified atom stereocenters. The summed E-state index contributed by atoms with van der Waals surface area (Å²) in [6, 6.07) is 2.08. The van der Waals surface area contributed by atoms with Crippen molar-refractivity contribution in [3.8, 4) is 0 Å². The molecule has 1 N–H and O–H groups in total. The van der Waals surface area contributed by atoms with E-state index in [0.29, 0.717) is 0 Å². The fraction of sp³-hybridized carbons (Fsp3) is 0.615. The van der Waals surface area contributed by atoms with Crippen LogP contribution in [0.4, 0.5) is 5.69 Å². The van der Waals surface area contributed by atoms with E-state index in [1.807, 2.05) is 12.4 Å². The second-order valence-corrected chi connectivity index (χ2v) is 5.53. The second-order valence-electron chi connectivity index (χ2n) is 4.61. The molecule has 16 heavy (non-hydrogen) atoms. The Morgan fingerprint density at radius 2 is 2.06 bits per heavy atom. The molecule has 0 amide bonds. The van der Waals surface area contributed by atoms with E-state index in [9.17, 15) is 0 Å². The molecule has 0 aliphatic heterocycles. The van der Waals surface area contributed by atoms with Crippen LogP contribution in [0.3, 0.4) is 0 Å². The molecule has 0 atom stereocenters. The van der Waals surface area contributed by atoms with Gasteiger partial charge in [0, 0.05) is 17.2 Å². The quantitative estimate of drug-likeness (QED) is 0.894. The predicted octanol–water partition coefficient (Wildman–Crippen LogP) is 4.23. The van der Waals surface area contributed by atoms with Gasteiger partial charge in [-0.3, -0.25) is 4.98 Å². The van der Waals surface area contributed by atoms with Crippen molar-refractivity contribution in [2.24, 2.45) is 5.92 Å². The zero-order chi connectivity index (χ0) is 11.2. The zero-order valence-electron chi connectivity index (χ0n) is 9.58. The minimum atomic E-state index is 0.946. The highest BCUT2D eigenvalue weighted by atomic mass is 79.9. The summed E-state index contributed by atoms with van der Waals surface area (Å²) in [4.78, 5) is 4.14. The lowest BCUT2D eigenvalue weighted by molar-refractivity contribution is 0.345. The molecule has 1 aliphatic rings. The Balaban J connectivity index is 1.71. The van der Waals surface area contributed by atoms with Crippen LogP contribution in [0.15, 0.2) is 22.9 Å². The van der Waals surface area contributed by atoms with Crippen LogP contribution in [0.1, 0.15) is 38.5 Å². The summed E-state index contributed by atoms with van der Waals surface area (Å²) in [7, 11) is 0. The predicted molar refractivity (Wildman–Crippen MR) is 71.6 cm³/mol. The summed E-state index contributed by atoms with van der Waals surface area (Å²) in [6.45, 7) is 1.07. The Hall–Kier alpha value is -0.570. The molecular formula is C13H19BrN2. The molecule has 1 aliphatic carbocycles. The number of hydrogen-bond acceptors (Lipinski definition) is 2. The average molecular weight is 283 g/mol. The molecule has 0 saturated heterocycles. The van der Waals surface area contributed by atoms with E-state index in [1.54, 1.807) is 0 Å². The van der Waals surface area contributed by atoms with Crippen molar-refractivity contribution in [1.29, 1.82) is 0 Å². The number of rotatable bonds is 4. The van der Waals surface area contributed by atoms with Gasteiger partial charge in [0.05, 0.1) is 11.9 Å². The third-order valence-corrected chi connectivity index (χ3v) is 3.75. The molecule has 1 fully saturated rings.